The Labute approximate surface area is 101 Å². The van der Waals surface area contributed by atoms with Gasteiger partial charge in [0.2, 0.25) is 10.0 Å². The average Bonchev–Trinajstić information content (AvgIpc) is 2.35. The monoisotopic (exact) mass is 255 g/mol. The Bertz CT molecular complexity index is 531. The van der Waals surface area contributed by atoms with Crippen LogP contribution in [0.15, 0.2) is 23.1 Å². The van der Waals surface area contributed by atoms with Crippen LogP contribution in [-0.2, 0) is 10.0 Å². The highest BCUT2D eigenvalue weighted by molar-refractivity contribution is 7.89. The van der Waals surface area contributed by atoms with E-state index in [9.17, 15) is 8.42 Å². The molecule has 1 rings (SSSR count). The summed E-state index contributed by atoms with van der Waals surface area (Å²) in [7, 11) is -0.700. The van der Waals surface area contributed by atoms with Gasteiger partial charge in [0.15, 0.2) is 11.5 Å². The molecule has 0 radical (unpaired) electrons. The van der Waals surface area contributed by atoms with Crippen molar-refractivity contribution in [3.63, 3.8) is 0 Å². The molecule has 0 atom stereocenters. The predicted octanol–water partition coefficient (Wildman–Crippen LogP) is 0.615. The summed E-state index contributed by atoms with van der Waals surface area (Å²) in [5.74, 6) is 3.00. The van der Waals surface area contributed by atoms with Crippen LogP contribution in [0, 0.1) is 12.3 Å². The van der Waals surface area contributed by atoms with Gasteiger partial charge in [-0.25, -0.2) is 8.42 Å². The van der Waals surface area contributed by atoms with Crippen LogP contribution >= 0.6 is 0 Å². The third-order valence-corrected chi connectivity index (χ3v) is 3.43. The third kappa shape index (κ3) is 3.12. The third-order valence-electron chi connectivity index (χ3n) is 2.03. The van der Waals surface area contributed by atoms with Crippen molar-refractivity contribution in [1.82, 2.24) is 4.72 Å². The Morgan fingerprint density at radius 1 is 1.29 bits per heavy atom. The van der Waals surface area contributed by atoms with Gasteiger partial charge in [0.1, 0.15) is 0 Å². The first kappa shape index (κ1) is 13.4. The zero-order valence-corrected chi connectivity index (χ0v) is 10.4. The predicted molar refractivity (Wildman–Crippen MR) is 63.6 cm³/mol. The van der Waals surface area contributed by atoms with Crippen LogP contribution in [-0.4, -0.2) is 29.2 Å². The fourth-order valence-electron chi connectivity index (χ4n) is 1.20. The first-order valence-electron chi connectivity index (χ1n) is 4.70. The van der Waals surface area contributed by atoms with Crippen molar-refractivity contribution in [2.24, 2.45) is 0 Å². The Balaban J connectivity index is 3.12. The normalized spacial score (nSPS) is 10.6. The summed E-state index contributed by atoms with van der Waals surface area (Å²) in [5.41, 5.74) is 0. The number of rotatable bonds is 5. The summed E-state index contributed by atoms with van der Waals surface area (Å²) in [4.78, 5) is 0.0744. The van der Waals surface area contributed by atoms with Crippen LogP contribution in [0.5, 0.6) is 11.5 Å². The van der Waals surface area contributed by atoms with Crippen molar-refractivity contribution >= 4 is 10.0 Å². The molecular formula is C11H13NO4S. The molecule has 0 saturated heterocycles. The minimum absolute atomic E-state index is 0.0589. The van der Waals surface area contributed by atoms with Gasteiger partial charge in [-0.1, -0.05) is 5.92 Å². The smallest absolute Gasteiger partial charge is 0.241 e. The van der Waals surface area contributed by atoms with Gasteiger partial charge in [0.05, 0.1) is 25.7 Å². The Morgan fingerprint density at radius 2 is 1.94 bits per heavy atom. The van der Waals surface area contributed by atoms with Crippen molar-refractivity contribution in [2.45, 2.75) is 4.90 Å². The second kappa shape index (κ2) is 5.57. The molecule has 17 heavy (non-hydrogen) atoms. The number of nitrogens with one attached hydrogen (secondary N) is 1. The van der Waals surface area contributed by atoms with E-state index in [-0.39, 0.29) is 11.4 Å². The molecule has 1 aromatic carbocycles. The van der Waals surface area contributed by atoms with Crippen molar-refractivity contribution in [3.05, 3.63) is 18.2 Å². The minimum Gasteiger partial charge on any atom is -0.493 e. The maximum atomic E-state index is 11.8. The number of ether oxygens (including phenoxy) is 2. The molecule has 0 aliphatic heterocycles. The molecule has 0 fully saturated rings. The number of sulfonamides is 1. The lowest BCUT2D eigenvalue weighted by atomic mass is 10.3. The summed E-state index contributed by atoms with van der Waals surface area (Å²) < 4.78 is 35.8. The zero-order chi connectivity index (χ0) is 12.9. The summed E-state index contributed by atoms with van der Waals surface area (Å²) >= 11 is 0. The molecule has 0 bridgehead atoms. The van der Waals surface area contributed by atoms with Crippen molar-refractivity contribution in [1.29, 1.82) is 0 Å². The highest BCUT2D eigenvalue weighted by atomic mass is 32.2. The van der Waals surface area contributed by atoms with Crippen molar-refractivity contribution < 1.29 is 17.9 Å². The standard InChI is InChI=1S/C11H13NO4S/c1-4-7-12-17(13,14)9-5-6-10(15-2)11(8-9)16-3/h1,5-6,8,12H,7H2,2-3H3. The van der Waals surface area contributed by atoms with E-state index in [4.69, 9.17) is 15.9 Å². The van der Waals surface area contributed by atoms with Gasteiger partial charge in [-0.3, -0.25) is 0 Å². The molecule has 0 saturated carbocycles. The second-order valence-electron chi connectivity index (χ2n) is 3.05. The van der Waals surface area contributed by atoms with Gasteiger partial charge in [0, 0.05) is 6.07 Å². The first-order chi connectivity index (χ1) is 8.05. The summed E-state index contributed by atoms with van der Waals surface area (Å²) in [6.45, 7) is -0.0589. The lowest BCUT2D eigenvalue weighted by molar-refractivity contribution is 0.354. The van der Waals surface area contributed by atoms with Gasteiger partial charge in [0.25, 0.3) is 0 Å². The molecule has 0 amide bonds. The van der Waals surface area contributed by atoms with E-state index >= 15 is 0 Å². The molecule has 0 aliphatic carbocycles. The van der Waals surface area contributed by atoms with Crippen LogP contribution in [0.3, 0.4) is 0 Å². The van der Waals surface area contributed by atoms with Crippen molar-refractivity contribution in [3.8, 4) is 23.8 Å². The number of benzene rings is 1. The number of terminal acetylenes is 1. The zero-order valence-electron chi connectivity index (χ0n) is 9.56. The lowest BCUT2D eigenvalue weighted by Crippen LogP contribution is -2.23. The summed E-state index contributed by atoms with van der Waals surface area (Å²) in [5, 5.41) is 0. The molecule has 5 nitrogen and oxygen atoms in total. The van der Waals surface area contributed by atoms with E-state index in [1.165, 1.54) is 32.4 Å². The Hall–Kier alpha value is -1.71. The number of hydrogen-bond acceptors (Lipinski definition) is 4. The molecule has 1 N–H and O–H groups in total. The minimum atomic E-state index is -3.61. The van der Waals surface area contributed by atoms with Gasteiger partial charge in [-0.2, -0.15) is 4.72 Å². The Kier molecular flexibility index (Phi) is 4.37. The fourth-order valence-corrected chi connectivity index (χ4v) is 2.15. The molecule has 0 unspecified atom stereocenters. The molecule has 0 aromatic heterocycles. The molecule has 1 aromatic rings. The maximum Gasteiger partial charge on any atom is 0.241 e. The van der Waals surface area contributed by atoms with Crippen LogP contribution in [0.25, 0.3) is 0 Å². The first-order valence-corrected chi connectivity index (χ1v) is 6.18. The van der Waals surface area contributed by atoms with Crippen molar-refractivity contribution in [2.75, 3.05) is 20.8 Å². The van der Waals surface area contributed by atoms with E-state index in [1.54, 1.807) is 0 Å². The topological polar surface area (TPSA) is 64.6 Å². The van der Waals surface area contributed by atoms with E-state index in [1.807, 2.05) is 0 Å². The highest BCUT2D eigenvalue weighted by Crippen LogP contribution is 2.29. The van der Waals surface area contributed by atoms with E-state index in [0.717, 1.165) is 0 Å². The Morgan fingerprint density at radius 3 is 2.47 bits per heavy atom. The number of hydrogen-bond donors (Lipinski definition) is 1. The van der Waals surface area contributed by atoms with Crippen LogP contribution in [0.1, 0.15) is 0 Å². The summed E-state index contributed by atoms with van der Waals surface area (Å²) in [6.07, 6.45) is 4.99. The number of methoxy groups -OCH3 is 2. The molecule has 6 heteroatoms. The van der Waals surface area contributed by atoms with Gasteiger partial charge >= 0.3 is 0 Å². The molecule has 0 aliphatic rings. The lowest BCUT2D eigenvalue weighted by Gasteiger charge is -2.09. The molecule has 0 heterocycles. The van der Waals surface area contributed by atoms with Crippen LogP contribution in [0.2, 0.25) is 0 Å². The maximum absolute atomic E-state index is 11.8. The van der Waals surface area contributed by atoms with Crippen LogP contribution < -0.4 is 14.2 Å². The second-order valence-corrected chi connectivity index (χ2v) is 4.81. The molecule has 92 valence electrons. The van der Waals surface area contributed by atoms with E-state index in [0.29, 0.717) is 11.5 Å². The van der Waals surface area contributed by atoms with Gasteiger partial charge < -0.3 is 9.47 Å². The average molecular weight is 255 g/mol. The van der Waals surface area contributed by atoms with Gasteiger partial charge in [-0.15, -0.1) is 6.42 Å². The quantitative estimate of drug-likeness (QED) is 0.783. The largest absolute Gasteiger partial charge is 0.493 e. The van der Waals surface area contributed by atoms with E-state index in [2.05, 4.69) is 10.6 Å². The molecule has 0 spiro atoms. The van der Waals surface area contributed by atoms with Gasteiger partial charge in [-0.05, 0) is 12.1 Å². The molecular weight excluding hydrogens is 242 g/mol. The highest BCUT2D eigenvalue weighted by Gasteiger charge is 2.15. The fraction of sp³-hybridized carbons (Fsp3) is 0.273. The van der Waals surface area contributed by atoms with Crippen LogP contribution in [0.4, 0.5) is 0 Å². The van der Waals surface area contributed by atoms with E-state index < -0.39 is 10.0 Å². The summed E-state index contributed by atoms with van der Waals surface area (Å²) in [6, 6.07) is 4.31. The SMILES string of the molecule is C#CCNS(=O)(=O)c1ccc(OC)c(OC)c1.